The second-order valence-corrected chi connectivity index (χ2v) is 7.29. The Labute approximate surface area is 151 Å². The number of aryl methyl sites for hydroxylation is 1. The molecular weight excluding hydrogens is 340 g/mol. The number of ether oxygens (including phenoxy) is 1. The predicted molar refractivity (Wildman–Crippen MR) is 94.7 cm³/mol. The first kappa shape index (κ1) is 17.7. The van der Waals surface area contributed by atoms with E-state index in [9.17, 15) is 14.9 Å². The molecular formula is C17H22N4O3S. The zero-order chi connectivity index (χ0) is 17.8. The Kier molecular flexibility index (Phi) is 5.56. The van der Waals surface area contributed by atoms with Gasteiger partial charge in [0.1, 0.15) is 11.1 Å². The van der Waals surface area contributed by atoms with Gasteiger partial charge < -0.3 is 15.0 Å². The first-order valence-electron chi connectivity index (χ1n) is 8.61. The lowest BCUT2D eigenvalue weighted by Gasteiger charge is -2.33. The highest BCUT2D eigenvalue weighted by atomic mass is 32.1. The molecule has 1 aliphatic carbocycles. The molecule has 0 saturated carbocycles. The Morgan fingerprint density at radius 2 is 2.04 bits per heavy atom. The van der Waals surface area contributed by atoms with Crippen LogP contribution in [0.2, 0.25) is 0 Å². The van der Waals surface area contributed by atoms with Gasteiger partial charge in [-0.15, -0.1) is 11.3 Å². The van der Waals surface area contributed by atoms with Crippen LogP contribution in [0.1, 0.15) is 29.3 Å². The largest absolute Gasteiger partial charge is 0.450 e. The maximum Gasteiger partial charge on any atom is 0.409 e. The minimum atomic E-state index is -0.293. The summed E-state index contributed by atoms with van der Waals surface area (Å²) in [5.41, 5.74) is 1.75. The number of thiophene rings is 1. The van der Waals surface area contributed by atoms with Crippen LogP contribution in [0.5, 0.6) is 0 Å². The fourth-order valence-electron chi connectivity index (χ4n) is 3.28. The van der Waals surface area contributed by atoms with Crippen LogP contribution >= 0.6 is 11.3 Å². The molecule has 2 heterocycles. The number of fused-ring (bicyclic) bond motifs is 1. The molecule has 1 aromatic heterocycles. The molecule has 1 saturated heterocycles. The van der Waals surface area contributed by atoms with E-state index in [1.165, 1.54) is 16.2 Å². The number of hydrogen-bond donors (Lipinski definition) is 1. The van der Waals surface area contributed by atoms with Crippen LogP contribution in [-0.4, -0.2) is 61.1 Å². The minimum absolute atomic E-state index is 0.110. The van der Waals surface area contributed by atoms with Gasteiger partial charge in [0.25, 0.3) is 0 Å². The molecule has 0 bridgehead atoms. The molecule has 0 atom stereocenters. The lowest BCUT2D eigenvalue weighted by Crippen LogP contribution is -2.50. The van der Waals surface area contributed by atoms with Crippen molar-refractivity contribution in [1.29, 1.82) is 5.26 Å². The third-order valence-corrected chi connectivity index (χ3v) is 5.76. The van der Waals surface area contributed by atoms with Crippen molar-refractivity contribution < 1.29 is 14.3 Å². The predicted octanol–water partition coefficient (Wildman–Crippen LogP) is 1.82. The van der Waals surface area contributed by atoms with Gasteiger partial charge in [0.2, 0.25) is 5.91 Å². The van der Waals surface area contributed by atoms with Gasteiger partial charge in [0.05, 0.1) is 18.7 Å². The van der Waals surface area contributed by atoms with Gasteiger partial charge in [-0.05, 0) is 31.7 Å². The maximum absolute atomic E-state index is 12.3. The maximum atomic E-state index is 12.3. The smallest absolute Gasteiger partial charge is 0.409 e. The van der Waals surface area contributed by atoms with Crippen LogP contribution in [0.15, 0.2) is 0 Å². The van der Waals surface area contributed by atoms with Crippen LogP contribution in [0.3, 0.4) is 0 Å². The number of piperazine rings is 1. The molecule has 1 aromatic rings. The van der Waals surface area contributed by atoms with Crippen molar-refractivity contribution in [3.05, 3.63) is 16.0 Å². The molecule has 1 N–H and O–H groups in total. The number of carbonyl (C=O) groups is 2. The summed E-state index contributed by atoms with van der Waals surface area (Å²) in [7, 11) is 0. The van der Waals surface area contributed by atoms with Crippen LogP contribution in [0, 0.1) is 11.3 Å². The van der Waals surface area contributed by atoms with E-state index in [0.29, 0.717) is 43.4 Å². The van der Waals surface area contributed by atoms with Crippen molar-refractivity contribution >= 4 is 28.3 Å². The monoisotopic (exact) mass is 362 g/mol. The van der Waals surface area contributed by atoms with Crippen LogP contribution in [0.4, 0.5) is 9.80 Å². The number of anilines is 1. The lowest BCUT2D eigenvalue weighted by molar-refractivity contribution is -0.117. The number of rotatable bonds is 4. The number of nitrogens with one attached hydrogen (secondary N) is 1. The number of amides is 2. The summed E-state index contributed by atoms with van der Waals surface area (Å²) in [4.78, 5) is 28.9. The Morgan fingerprint density at radius 3 is 2.72 bits per heavy atom. The van der Waals surface area contributed by atoms with Gasteiger partial charge in [0, 0.05) is 31.1 Å². The summed E-state index contributed by atoms with van der Waals surface area (Å²) in [6.45, 7) is 4.81. The number of hydrogen-bond acceptors (Lipinski definition) is 6. The van der Waals surface area contributed by atoms with E-state index in [1.54, 1.807) is 11.8 Å². The second-order valence-electron chi connectivity index (χ2n) is 6.18. The van der Waals surface area contributed by atoms with E-state index >= 15 is 0 Å². The molecule has 3 rings (SSSR count). The van der Waals surface area contributed by atoms with Crippen molar-refractivity contribution in [3.63, 3.8) is 0 Å². The number of nitriles is 1. The number of carbonyl (C=O) groups excluding carboxylic acids is 2. The molecule has 0 aromatic carbocycles. The molecule has 2 amide bonds. The molecule has 134 valence electrons. The third-order valence-electron chi connectivity index (χ3n) is 4.55. The molecule has 8 heteroatoms. The molecule has 2 aliphatic rings. The first-order valence-corrected chi connectivity index (χ1v) is 9.42. The summed E-state index contributed by atoms with van der Waals surface area (Å²) >= 11 is 1.53. The molecule has 0 spiro atoms. The highest BCUT2D eigenvalue weighted by molar-refractivity contribution is 7.16. The van der Waals surface area contributed by atoms with Crippen LogP contribution in [-0.2, 0) is 22.4 Å². The Morgan fingerprint density at radius 1 is 1.28 bits per heavy atom. The third kappa shape index (κ3) is 3.94. The van der Waals surface area contributed by atoms with Crippen LogP contribution in [0.25, 0.3) is 0 Å². The molecule has 25 heavy (non-hydrogen) atoms. The van der Waals surface area contributed by atoms with Gasteiger partial charge in [0.15, 0.2) is 0 Å². The van der Waals surface area contributed by atoms with Gasteiger partial charge in [-0.1, -0.05) is 0 Å². The van der Waals surface area contributed by atoms with Gasteiger partial charge in [-0.2, -0.15) is 5.26 Å². The topological polar surface area (TPSA) is 85.7 Å². The van der Waals surface area contributed by atoms with E-state index in [1.807, 2.05) is 4.90 Å². The molecule has 1 fully saturated rings. The fourth-order valence-corrected chi connectivity index (χ4v) is 4.54. The molecule has 0 radical (unpaired) electrons. The van der Waals surface area contributed by atoms with Gasteiger partial charge in [-0.25, -0.2) is 4.79 Å². The normalized spacial score (nSPS) is 17.0. The second kappa shape index (κ2) is 7.85. The zero-order valence-corrected chi connectivity index (χ0v) is 15.2. The molecule has 1 aliphatic heterocycles. The summed E-state index contributed by atoms with van der Waals surface area (Å²) in [6, 6.07) is 2.24. The first-order chi connectivity index (χ1) is 12.1. The highest BCUT2D eigenvalue weighted by Gasteiger charge is 2.25. The van der Waals surface area contributed by atoms with E-state index in [0.717, 1.165) is 24.8 Å². The fraction of sp³-hybridized carbons (Fsp3) is 0.588. The quantitative estimate of drug-likeness (QED) is 0.883. The minimum Gasteiger partial charge on any atom is -0.450 e. The van der Waals surface area contributed by atoms with Crippen molar-refractivity contribution in [2.24, 2.45) is 0 Å². The molecule has 7 nitrogen and oxygen atoms in total. The SMILES string of the molecule is CCOC(=O)N1CCN(CC(=O)Nc2sc3c(c2C#N)CCC3)CC1. The van der Waals surface area contributed by atoms with Crippen molar-refractivity contribution in [1.82, 2.24) is 9.80 Å². The average molecular weight is 362 g/mol. The number of nitrogens with zero attached hydrogens (tertiary/aromatic N) is 3. The Hall–Kier alpha value is -2.11. The average Bonchev–Trinajstić information content (AvgIpc) is 3.16. The lowest BCUT2D eigenvalue weighted by atomic mass is 10.1. The van der Waals surface area contributed by atoms with E-state index < -0.39 is 0 Å². The summed E-state index contributed by atoms with van der Waals surface area (Å²) < 4.78 is 4.99. The summed E-state index contributed by atoms with van der Waals surface area (Å²) in [5.74, 6) is -0.110. The Bertz CT molecular complexity index is 701. The summed E-state index contributed by atoms with van der Waals surface area (Å²) in [5, 5.41) is 13.0. The van der Waals surface area contributed by atoms with Gasteiger partial charge >= 0.3 is 6.09 Å². The van der Waals surface area contributed by atoms with E-state index in [-0.39, 0.29) is 18.5 Å². The standard InChI is InChI=1S/C17H22N4O3S/c1-2-24-17(23)21-8-6-20(7-9-21)11-15(22)19-16-13(10-18)12-4-3-5-14(12)25-16/h2-9,11H2,1H3,(H,19,22). The Balaban J connectivity index is 1.51. The van der Waals surface area contributed by atoms with Crippen molar-refractivity contribution in [2.45, 2.75) is 26.2 Å². The summed E-state index contributed by atoms with van der Waals surface area (Å²) in [6.07, 6.45) is 2.73. The molecule has 0 unspecified atom stereocenters. The van der Waals surface area contributed by atoms with E-state index in [2.05, 4.69) is 11.4 Å². The van der Waals surface area contributed by atoms with E-state index in [4.69, 9.17) is 4.74 Å². The van der Waals surface area contributed by atoms with Crippen molar-refractivity contribution in [2.75, 3.05) is 44.6 Å². The van der Waals surface area contributed by atoms with Crippen LogP contribution < -0.4 is 5.32 Å². The zero-order valence-electron chi connectivity index (χ0n) is 14.3. The van der Waals surface area contributed by atoms with Crippen molar-refractivity contribution in [3.8, 4) is 6.07 Å². The van der Waals surface area contributed by atoms with Gasteiger partial charge in [-0.3, -0.25) is 9.69 Å². The highest BCUT2D eigenvalue weighted by Crippen LogP contribution is 2.38.